The monoisotopic (exact) mass is 287 g/mol. The Bertz CT molecular complexity index is 403. The Labute approximate surface area is 118 Å². The van der Waals surface area contributed by atoms with Crippen molar-refractivity contribution in [2.75, 3.05) is 17.6 Å². The van der Waals surface area contributed by atoms with Gasteiger partial charge in [0.2, 0.25) is 0 Å². The van der Waals surface area contributed by atoms with Gasteiger partial charge in [0.05, 0.1) is 10.0 Å². The fourth-order valence-corrected chi connectivity index (χ4v) is 2.90. The molecule has 5 heteroatoms. The Morgan fingerprint density at radius 3 is 2.67 bits per heavy atom. The lowest BCUT2D eigenvalue weighted by Crippen LogP contribution is -2.13. The normalized spacial score (nSPS) is 16.8. The van der Waals surface area contributed by atoms with Gasteiger partial charge < -0.3 is 11.1 Å². The fourth-order valence-electron chi connectivity index (χ4n) is 2.48. The standard InChI is InChI=1S/C13H19Cl2N3/c14-10-8-11(15)13(18-12(10)16)17-7-6-9-4-2-1-3-5-9/h8-9H,1-7H2,(H3,16,17,18). The first-order valence-electron chi connectivity index (χ1n) is 6.52. The first-order chi connectivity index (χ1) is 8.66. The zero-order valence-electron chi connectivity index (χ0n) is 10.4. The number of nitrogens with zero attached hydrogens (tertiary/aromatic N) is 1. The molecule has 1 saturated carbocycles. The number of hydrogen-bond donors (Lipinski definition) is 2. The molecule has 100 valence electrons. The second kappa shape index (κ2) is 6.48. The molecule has 0 unspecified atom stereocenters. The maximum Gasteiger partial charge on any atom is 0.147 e. The number of halogens is 2. The minimum atomic E-state index is 0.321. The van der Waals surface area contributed by atoms with E-state index in [0.717, 1.165) is 12.5 Å². The molecule has 0 aliphatic heterocycles. The second-order valence-corrected chi connectivity index (χ2v) is 5.72. The molecule has 18 heavy (non-hydrogen) atoms. The summed E-state index contributed by atoms with van der Waals surface area (Å²) in [6.07, 6.45) is 8.01. The van der Waals surface area contributed by atoms with Crippen LogP contribution in [0.3, 0.4) is 0 Å². The van der Waals surface area contributed by atoms with Gasteiger partial charge in [-0.1, -0.05) is 55.3 Å². The van der Waals surface area contributed by atoms with Gasteiger partial charge in [0, 0.05) is 6.54 Å². The Morgan fingerprint density at radius 2 is 1.94 bits per heavy atom. The molecule has 0 saturated heterocycles. The van der Waals surface area contributed by atoms with E-state index in [1.54, 1.807) is 6.07 Å². The van der Waals surface area contributed by atoms with E-state index in [1.165, 1.54) is 38.5 Å². The molecule has 1 fully saturated rings. The van der Waals surface area contributed by atoms with Gasteiger partial charge in [-0.05, 0) is 18.4 Å². The van der Waals surface area contributed by atoms with Crippen molar-refractivity contribution in [2.45, 2.75) is 38.5 Å². The SMILES string of the molecule is Nc1nc(NCCC2CCCCC2)c(Cl)cc1Cl. The zero-order chi connectivity index (χ0) is 13.0. The maximum absolute atomic E-state index is 6.06. The Morgan fingerprint density at radius 1 is 1.22 bits per heavy atom. The van der Waals surface area contributed by atoms with Gasteiger partial charge in [0.1, 0.15) is 11.6 Å². The van der Waals surface area contributed by atoms with Crippen LogP contribution >= 0.6 is 23.2 Å². The van der Waals surface area contributed by atoms with Crippen molar-refractivity contribution in [2.24, 2.45) is 5.92 Å². The molecule has 1 aromatic heterocycles. The molecule has 1 aromatic rings. The molecule has 0 bridgehead atoms. The van der Waals surface area contributed by atoms with E-state index in [4.69, 9.17) is 28.9 Å². The molecule has 1 aliphatic rings. The second-order valence-electron chi connectivity index (χ2n) is 4.91. The molecule has 0 radical (unpaired) electrons. The van der Waals surface area contributed by atoms with E-state index in [-0.39, 0.29) is 0 Å². The quantitative estimate of drug-likeness (QED) is 0.865. The molecular weight excluding hydrogens is 269 g/mol. The number of hydrogen-bond acceptors (Lipinski definition) is 3. The summed E-state index contributed by atoms with van der Waals surface area (Å²) in [5, 5.41) is 4.17. The van der Waals surface area contributed by atoms with E-state index >= 15 is 0 Å². The van der Waals surface area contributed by atoms with E-state index < -0.39 is 0 Å². The van der Waals surface area contributed by atoms with Gasteiger partial charge in [-0.15, -0.1) is 0 Å². The molecule has 2 rings (SSSR count). The van der Waals surface area contributed by atoms with E-state index in [1.807, 2.05) is 0 Å². The van der Waals surface area contributed by atoms with E-state index in [0.29, 0.717) is 21.7 Å². The highest BCUT2D eigenvalue weighted by molar-refractivity contribution is 6.37. The summed E-state index contributed by atoms with van der Waals surface area (Å²) < 4.78 is 0. The number of nitrogens with one attached hydrogen (secondary N) is 1. The summed E-state index contributed by atoms with van der Waals surface area (Å²) in [6.45, 7) is 0.887. The van der Waals surface area contributed by atoms with E-state index in [9.17, 15) is 0 Å². The molecule has 3 nitrogen and oxygen atoms in total. The van der Waals surface area contributed by atoms with Crippen LogP contribution < -0.4 is 11.1 Å². The van der Waals surface area contributed by atoms with Crippen LogP contribution in [0, 0.1) is 5.92 Å². The van der Waals surface area contributed by atoms with Crippen LogP contribution in [0.15, 0.2) is 6.07 Å². The van der Waals surface area contributed by atoms with Gasteiger partial charge in [0.15, 0.2) is 0 Å². The summed E-state index contributed by atoms with van der Waals surface area (Å²) in [5.74, 6) is 1.80. The van der Waals surface area contributed by atoms with Crippen molar-refractivity contribution in [3.63, 3.8) is 0 Å². The highest BCUT2D eigenvalue weighted by Crippen LogP contribution is 2.29. The van der Waals surface area contributed by atoms with Gasteiger partial charge in [-0.3, -0.25) is 0 Å². The molecule has 1 heterocycles. The van der Waals surface area contributed by atoms with Gasteiger partial charge in [-0.2, -0.15) is 0 Å². The van der Waals surface area contributed by atoms with Crippen molar-refractivity contribution in [1.29, 1.82) is 0 Å². The fraction of sp³-hybridized carbons (Fsp3) is 0.615. The average Bonchev–Trinajstić information content (AvgIpc) is 2.37. The van der Waals surface area contributed by atoms with Crippen molar-refractivity contribution in [3.05, 3.63) is 16.1 Å². The van der Waals surface area contributed by atoms with Gasteiger partial charge in [-0.25, -0.2) is 4.98 Å². The van der Waals surface area contributed by atoms with Crippen LogP contribution in [0.4, 0.5) is 11.6 Å². The first-order valence-corrected chi connectivity index (χ1v) is 7.28. The molecule has 0 aromatic carbocycles. The molecular formula is C13H19Cl2N3. The van der Waals surface area contributed by atoms with Gasteiger partial charge in [0.25, 0.3) is 0 Å². The van der Waals surface area contributed by atoms with Crippen molar-refractivity contribution in [1.82, 2.24) is 4.98 Å². The van der Waals surface area contributed by atoms with Crippen LogP contribution in [-0.2, 0) is 0 Å². The largest absolute Gasteiger partial charge is 0.382 e. The smallest absolute Gasteiger partial charge is 0.147 e. The van der Waals surface area contributed by atoms with Crippen LogP contribution in [0.25, 0.3) is 0 Å². The molecule has 0 amide bonds. The molecule has 3 N–H and O–H groups in total. The Hall–Kier alpha value is -0.670. The lowest BCUT2D eigenvalue weighted by Gasteiger charge is -2.21. The highest BCUT2D eigenvalue weighted by Gasteiger charge is 2.13. The number of anilines is 2. The summed E-state index contributed by atoms with van der Waals surface area (Å²) >= 11 is 11.9. The van der Waals surface area contributed by atoms with Crippen LogP contribution in [0.1, 0.15) is 38.5 Å². The van der Waals surface area contributed by atoms with Crippen molar-refractivity contribution in [3.8, 4) is 0 Å². The Balaban J connectivity index is 1.84. The minimum absolute atomic E-state index is 0.321. The number of rotatable bonds is 4. The predicted molar refractivity (Wildman–Crippen MR) is 78.4 cm³/mol. The van der Waals surface area contributed by atoms with Crippen molar-refractivity contribution < 1.29 is 0 Å². The van der Waals surface area contributed by atoms with Crippen LogP contribution in [-0.4, -0.2) is 11.5 Å². The number of nitrogen functional groups attached to an aromatic ring is 1. The summed E-state index contributed by atoms with van der Waals surface area (Å²) in [7, 11) is 0. The summed E-state index contributed by atoms with van der Waals surface area (Å²) in [5.41, 5.74) is 5.66. The van der Waals surface area contributed by atoms with E-state index in [2.05, 4.69) is 10.3 Å². The third-order valence-corrected chi connectivity index (χ3v) is 4.12. The number of aromatic nitrogens is 1. The first kappa shape index (κ1) is 13.8. The summed E-state index contributed by atoms with van der Waals surface area (Å²) in [6, 6.07) is 1.63. The predicted octanol–water partition coefficient (Wildman–Crippen LogP) is 4.35. The number of nitrogens with two attached hydrogens (primary N) is 1. The topological polar surface area (TPSA) is 50.9 Å². The molecule has 0 atom stereocenters. The number of pyridine rings is 1. The molecule has 1 aliphatic carbocycles. The lowest BCUT2D eigenvalue weighted by atomic mass is 9.87. The maximum atomic E-state index is 6.06. The molecule has 0 spiro atoms. The van der Waals surface area contributed by atoms with Crippen molar-refractivity contribution >= 4 is 34.8 Å². The van der Waals surface area contributed by atoms with Gasteiger partial charge >= 0.3 is 0 Å². The Kier molecular flexibility index (Phi) is 4.95. The average molecular weight is 288 g/mol. The third kappa shape index (κ3) is 3.66. The third-order valence-electron chi connectivity index (χ3n) is 3.53. The lowest BCUT2D eigenvalue weighted by molar-refractivity contribution is 0.345. The van der Waals surface area contributed by atoms with Crippen LogP contribution in [0.2, 0.25) is 10.0 Å². The summed E-state index contributed by atoms with van der Waals surface area (Å²) in [4.78, 5) is 4.16. The highest BCUT2D eigenvalue weighted by atomic mass is 35.5. The van der Waals surface area contributed by atoms with Crippen LogP contribution in [0.5, 0.6) is 0 Å². The zero-order valence-corrected chi connectivity index (χ0v) is 11.9. The minimum Gasteiger partial charge on any atom is -0.382 e.